The lowest BCUT2D eigenvalue weighted by Crippen LogP contribution is -2.28. The average molecular weight is 261 g/mol. The van der Waals surface area contributed by atoms with E-state index in [-0.39, 0.29) is 5.91 Å². The lowest BCUT2D eigenvalue weighted by Gasteiger charge is -2.17. The maximum absolute atomic E-state index is 12.3. The molecule has 0 saturated carbocycles. The summed E-state index contributed by atoms with van der Waals surface area (Å²) in [6.07, 6.45) is 0. The van der Waals surface area contributed by atoms with E-state index in [1.807, 2.05) is 6.07 Å². The molecule has 0 saturated heterocycles. The first kappa shape index (κ1) is 13.0. The Morgan fingerprint density at radius 1 is 1.42 bits per heavy atom. The van der Waals surface area contributed by atoms with E-state index in [0.717, 1.165) is 0 Å². The highest BCUT2D eigenvalue weighted by atomic mass is 16.5. The van der Waals surface area contributed by atoms with Crippen LogP contribution in [0.25, 0.3) is 0 Å². The predicted octanol–water partition coefficient (Wildman–Crippen LogP) is 0.491. The summed E-state index contributed by atoms with van der Waals surface area (Å²) in [5, 5.41) is 11.1. The molecule has 0 atom stereocenters. The Hall–Kier alpha value is -2.44. The molecule has 0 aliphatic rings. The third kappa shape index (κ3) is 2.70. The smallest absolute Gasteiger partial charge is 0.257 e. The summed E-state index contributed by atoms with van der Waals surface area (Å²) in [7, 11) is 4.97. The number of amides is 1. The van der Waals surface area contributed by atoms with Crippen molar-refractivity contribution in [2.24, 2.45) is 7.05 Å². The van der Waals surface area contributed by atoms with Gasteiger partial charge in [-0.1, -0.05) is 12.1 Å². The van der Waals surface area contributed by atoms with Crippen molar-refractivity contribution in [3.8, 4) is 5.75 Å². The van der Waals surface area contributed by atoms with Crippen LogP contribution in [0.5, 0.6) is 5.75 Å². The summed E-state index contributed by atoms with van der Waals surface area (Å²) in [4.78, 5) is 13.9. The molecule has 19 heavy (non-hydrogen) atoms. The third-order valence-electron chi connectivity index (χ3n) is 2.77. The van der Waals surface area contributed by atoms with Crippen LogP contribution in [0.3, 0.4) is 0 Å². The number of aryl methyl sites for hydroxylation is 1. The molecule has 0 unspecified atom stereocenters. The number of aromatic nitrogens is 4. The Bertz CT molecular complexity index is 581. The summed E-state index contributed by atoms with van der Waals surface area (Å²) >= 11 is 0. The minimum absolute atomic E-state index is 0.138. The molecule has 7 heteroatoms. The molecule has 0 aliphatic heterocycles. The maximum atomic E-state index is 12.3. The fraction of sp³-hybridized carbons (Fsp3) is 0.333. The fourth-order valence-corrected chi connectivity index (χ4v) is 1.69. The van der Waals surface area contributed by atoms with Crippen molar-refractivity contribution in [1.29, 1.82) is 0 Å². The molecule has 0 spiro atoms. The van der Waals surface area contributed by atoms with E-state index >= 15 is 0 Å². The van der Waals surface area contributed by atoms with Crippen molar-refractivity contribution >= 4 is 5.91 Å². The molecular weight excluding hydrogens is 246 g/mol. The van der Waals surface area contributed by atoms with Crippen molar-refractivity contribution in [1.82, 2.24) is 25.1 Å². The highest BCUT2D eigenvalue weighted by molar-refractivity contribution is 5.96. The Labute approximate surface area is 110 Å². The molecule has 2 aromatic rings. The molecule has 0 radical (unpaired) electrons. The molecule has 0 N–H and O–H groups in total. The number of tetrazole rings is 1. The summed E-state index contributed by atoms with van der Waals surface area (Å²) < 4.78 is 6.72. The SMILES string of the molecule is COc1ccccc1C(=O)N(C)Cc1nnnn1C. The predicted molar refractivity (Wildman–Crippen MR) is 67.6 cm³/mol. The maximum Gasteiger partial charge on any atom is 0.257 e. The minimum atomic E-state index is -0.138. The number of methoxy groups -OCH3 is 1. The second-order valence-electron chi connectivity index (χ2n) is 4.08. The minimum Gasteiger partial charge on any atom is -0.496 e. The van der Waals surface area contributed by atoms with Crippen LogP contribution in [0.2, 0.25) is 0 Å². The van der Waals surface area contributed by atoms with Gasteiger partial charge in [-0.05, 0) is 22.6 Å². The monoisotopic (exact) mass is 261 g/mol. The Morgan fingerprint density at radius 2 is 2.16 bits per heavy atom. The number of carbonyl (C=O) groups is 1. The molecule has 100 valence electrons. The van der Waals surface area contributed by atoms with Crippen LogP contribution in [0.15, 0.2) is 24.3 Å². The zero-order valence-corrected chi connectivity index (χ0v) is 11.1. The third-order valence-corrected chi connectivity index (χ3v) is 2.77. The number of nitrogens with zero attached hydrogens (tertiary/aromatic N) is 5. The number of carbonyl (C=O) groups excluding carboxylic acids is 1. The molecule has 2 rings (SSSR count). The van der Waals surface area contributed by atoms with Gasteiger partial charge in [-0.2, -0.15) is 0 Å². The van der Waals surface area contributed by atoms with E-state index in [9.17, 15) is 4.79 Å². The van der Waals surface area contributed by atoms with Crippen LogP contribution in [-0.2, 0) is 13.6 Å². The standard InChI is InChI=1S/C12H15N5O2/c1-16(8-11-13-14-15-17(11)2)12(18)9-6-4-5-7-10(9)19-3/h4-7H,8H2,1-3H3. The molecule has 1 aromatic carbocycles. The van der Waals surface area contributed by atoms with Crippen LogP contribution in [0, 0.1) is 0 Å². The number of hydrogen-bond acceptors (Lipinski definition) is 5. The van der Waals surface area contributed by atoms with Crippen LogP contribution in [0.4, 0.5) is 0 Å². The normalized spacial score (nSPS) is 10.3. The van der Waals surface area contributed by atoms with E-state index in [1.54, 1.807) is 44.3 Å². The molecule has 0 bridgehead atoms. The number of rotatable bonds is 4. The zero-order chi connectivity index (χ0) is 13.8. The first-order valence-electron chi connectivity index (χ1n) is 5.73. The second kappa shape index (κ2) is 5.47. The van der Waals surface area contributed by atoms with Gasteiger partial charge in [-0.3, -0.25) is 4.79 Å². The van der Waals surface area contributed by atoms with Gasteiger partial charge in [0.25, 0.3) is 5.91 Å². The molecule has 1 heterocycles. The van der Waals surface area contributed by atoms with Crippen LogP contribution < -0.4 is 4.74 Å². The number of benzene rings is 1. The van der Waals surface area contributed by atoms with Crippen molar-refractivity contribution in [3.63, 3.8) is 0 Å². The molecule has 1 amide bonds. The lowest BCUT2D eigenvalue weighted by atomic mass is 10.2. The molecular formula is C12H15N5O2. The van der Waals surface area contributed by atoms with Gasteiger partial charge in [0.15, 0.2) is 5.82 Å². The van der Waals surface area contributed by atoms with E-state index in [1.165, 1.54) is 4.68 Å². The van der Waals surface area contributed by atoms with E-state index in [4.69, 9.17) is 4.74 Å². The van der Waals surface area contributed by atoms with Gasteiger partial charge in [-0.25, -0.2) is 4.68 Å². The van der Waals surface area contributed by atoms with Crippen molar-refractivity contribution in [3.05, 3.63) is 35.7 Å². The summed E-state index contributed by atoms with van der Waals surface area (Å²) in [6.45, 7) is 0.334. The van der Waals surface area contributed by atoms with E-state index in [2.05, 4.69) is 15.5 Å². The van der Waals surface area contributed by atoms with Gasteiger partial charge in [0, 0.05) is 14.1 Å². The number of para-hydroxylation sites is 1. The van der Waals surface area contributed by atoms with Gasteiger partial charge in [0.1, 0.15) is 5.75 Å². The van der Waals surface area contributed by atoms with Crippen molar-refractivity contribution in [2.75, 3.05) is 14.2 Å². The Morgan fingerprint density at radius 3 is 2.79 bits per heavy atom. The van der Waals surface area contributed by atoms with Crippen LogP contribution in [0.1, 0.15) is 16.2 Å². The topological polar surface area (TPSA) is 73.1 Å². The van der Waals surface area contributed by atoms with Gasteiger partial charge in [-0.15, -0.1) is 5.10 Å². The quantitative estimate of drug-likeness (QED) is 0.801. The van der Waals surface area contributed by atoms with Crippen LogP contribution >= 0.6 is 0 Å². The van der Waals surface area contributed by atoms with Gasteiger partial charge >= 0.3 is 0 Å². The number of hydrogen-bond donors (Lipinski definition) is 0. The highest BCUT2D eigenvalue weighted by Crippen LogP contribution is 2.19. The first-order valence-corrected chi connectivity index (χ1v) is 5.73. The van der Waals surface area contributed by atoms with Gasteiger partial charge < -0.3 is 9.64 Å². The zero-order valence-electron chi connectivity index (χ0n) is 11.1. The molecule has 1 aromatic heterocycles. The highest BCUT2D eigenvalue weighted by Gasteiger charge is 2.17. The van der Waals surface area contributed by atoms with Crippen molar-refractivity contribution < 1.29 is 9.53 Å². The second-order valence-corrected chi connectivity index (χ2v) is 4.08. The van der Waals surface area contributed by atoms with Crippen LogP contribution in [-0.4, -0.2) is 45.2 Å². The molecule has 7 nitrogen and oxygen atoms in total. The van der Waals surface area contributed by atoms with Gasteiger partial charge in [0.2, 0.25) is 0 Å². The summed E-state index contributed by atoms with van der Waals surface area (Å²) in [5.41, 5.74) is 0.516. The average Bonchev–Trinajstić information content (AvgIpc) is 2.83. The molecule has 0 fully saturated rings. The van der Waals surface area contributed by atoms with E-state index < -0.39 is 0 Å². The summed E-state index contributed by atoms with van der Waals surface area (Å²) in [5.74, 6) is 1.03. The Balaban J connectivity index is 2.17. The van der Waals surface area contributed by atoms with Crippen molar-refractivity contribution in [2.45, 2.75) is 6.54 Å². The summed E-state index contributed by atoms with van der Waals surface area (Å²) in [6, 6.07) is 7.10. The molecule has 0 aliphatic carbocycles. The first-order chi connectivity index (χ1) is 9.13. The Kier molecular flexibility index (Phi) is 3.74. The fourth-order valence-electron chi connectivity index (χ4n) is 1.69. The lowest BCUT2D eigenvalue weighted by molar-refractivity contribution is 0.0776. The van der Waals surface area contributed by atoms with Gasteiger partial charge in [0.05, 0.1) is 19.2 Å². The largest absolute Gasteiger partial charge is 0.496 e. The van der Waals surface area contributed by atoms with E-state index in [0.29, 0.717) is 23.7 Å². The number of ether oxygens (including phenoxy) is 1.